The molecule has 2 amide bonds. The molecule has 0 bridgehead atoms. The van der Waals surface area contributed by atoms with Crippen LogP contribution in [0.2, 0.25) is 0 Å². The second kappa shape index (κ2) is 10.1. The van der Waals surface area contributed by atoms with E-state index in [9.17, 15) is 14.4 Å². The monoisotopic (exact) mass is 505 g/mol. The van der Waals surface area contributed by atoms with E-state index in [1.165, 1.54) is 18.4 Å². The topological polar surface area (TPSA) is 108 Å². The van der Waals surface area contributed by atoms with E-state index in [0.29, 0.717) is 58.4 Å². The zero-order valence-electron chi connectivity index (χ0n) is 19.2. The van der Waals surface area contributed by atoms with Gasteiger partial charge in [-0.1, -0.05) is 17.4 Å². The van der Waals surface area contributed by atoms with Crippen molar-refractivity contribution < 1.29 is 28.6 Å². The van der Waals surface area contributed by atoms with Crippen LogP contribution in [0.1, 0.15) is 40.5 Å². The number of carbonyl (C=O) groups excluding carboxylic acids is 3. The summed E-state index contributed by atoms with van der Waals surface area (Å²) in [6.07, 6.45) is 2.21. The second-order valence-electron chi connectivity index (χ2n) is 8.31. The molecule has 1 fully saturated rings. The van der Waals surface area contributed by atoms with Crippen LogP contribution in [0.25, 0.3) is 0 Å². The average molecular weight is 506 g/mol. The summed E-state index contributed by atoms with van der Waals surface area (Å²) in [5.41, 5.74) is 0.983. The van der Waals surface area contributed by atoms with Gasteiger partial charge in [-0.05, 0) is 55.6 Å². The van der Waals surface area contributed by atoms with E-state index >= 15 is 0 Å². The Balaban J connectivity index is 1.49. The molecule has 182 valence electrons. The minimum absolute atomic E-state index is 0.138. The molecule has 1 saturated carbocycles. The van der Waals surface area contributed by atoms with Gasteiger partial charge in [-0.3, -0.25) is 14.4 Å². The molecule has 2 heterocycles. The number of methoxy groups -OCH3 is 3. The number of aromatic nitrogens is 1. The van der Waals surface area contributed by atoms with Crippen LogP contribution in [0.5, 0.6) is 11.5 Å². The summed E-state index contributed by atoms with van der Waals surface area (Å²) in [6.45, 7) is 0.392. The van der Waals surface area contributed by atoms with Gasteiger partial charge in [0.25, 0.3) is 5.91 Å². The maximum absolute atomic E-state index is 13.0. The van der Waals surface area contributed by atoms with Crippen LogP contribution >= 0.6 is 23.6 Å². The summed E-state index contributed by atoms with van der Waals surface area (Å²) in [5.74, 6) is 0.393. The minimum atomic E-state index is -0.301. The summed E-state index contributed by atoms with van der Waals surface area (Å²) in [4.78, 5) is 38.3. The maximum Gasteiger partial charge on any atom is 0.308 e. The molecule has 0 saturated heterocycles. The van der Waals surface area contributed by atoms with E-state index in [1.54, 1.807) is 14.2 Å². The van der Waals surface area contributed by atoms with E-state index < -0.39 is 0 Å². The van der Waals surface area contributed by atoms with Crippen LogP contribution in [-0.4, -0.2) is 50.2 Å². The Labute approximate surface area is 206 Å². The van der Waals surface area contributed by atoms with Gasteiger partial charge in [0.15, 0.2) is 15.5 Å². The highest BCUT2D eigenvalue weighted by Crippen LogP contribution is 2.45. The van der Waals surface area contributed by atoms with E-state index in [2.05, 4.69) is 10.6 Å². The molecule has 4 rings (SSSR count). The lowest BCUT2D eigenvalue weighted by Crippen LogP contribution is -2.43. The molecule has 1 aliphatic heterocycles. The Morgan fingerprint density at radius 2 is 1.97 bits per heavy atom. The molecule has 1 aromatic heterocycles. The van der Waals surface area contributed by atoms with Gasteiger partial charge in [0.2, 0.25) is 5.91 Å². The number of hydrogen-bond donors (Lipinski definition) is 2. The molecule has 2 aliphatic rings. The third-order valence-corrected chi connectivity index (χ3v) is 7.86. The van der Waals surface area contributed by atoms with E-state index in [-0.39, 0.29) is 35.7 Å². The summed E-state index contributed by atoms with van der Waals surface area (Å²) < 4.78 is 17.8. The molecule has 1 aliphatic carbocycles. The fourth-order valence-electron chi connectivity index (χ4n) is 4.72. The van der Waals surface area contributed by atoms with Crippen molar-refractivity contribution in [3.63, 3.8) is 0 Å². The molecule has 34 heavy (non-hydrogen) atoms. The van der Waals surface area contributed by atoms with Crippen molar-refractivity contribution in [3.8, 4) is 11.5 Å². The number of ether oxygens (including phenoxy) is 3. The molecule has 1 aromatic carbocycles. The molecule has 11 heteroatoms. The number of fused-ring (bicyclic) bond motifs is 3. The van der Waals surface area contributed by atoms with Crippen LogP contribution < -0.4 is 20.1 Å². The molecular weight excluding hydrogens is 478 g/mol. The zero-order valence-corrected chi connectivity index (χ0v) is 20.8. The highest BCUT2D eigenvalue weighted by atomic mass is 32.1. The predicted octanol–water partition coefficient (Wildman–Crippen LogP) is 3.35. The molecule has 2 aromatic rings. The summed E-state index contributed by atoms with van der Waals surface area (Å²) in [6, 6.07) is 5.34. The number of hydrogen-bond acceptors (Lipinski definition) is 8. The predicted molar refractivity (Wildman–Crippen MR) is 129 cm³/mol. The Kier molecular flexibility index (Phi) is 7.22. The second-order valence-corrected chi connectivity index (χ2v) is 9.95. The van der Waals surface area contributed by atoms with Crippen LogP contribution in [0.4, 0.5) is 5.82 Å². The standard InChI is InChI=1S/C23H27N3O6S2/c1-30-16-7-4-12(10-17(16)31-2)8-9-24-21(28)18-19-25-20(27)14-6-5-13(22(29)32-3)11-15(14)26(19)23(33)34-18/h4,7,10,13-15H,5-6,8-9,11H2,1-3H3,(H,24,28)(H,25,27). The molecule has 0 spiro atoms. The first-order valence-electron chi connectivity index (χ1n) is 11.0. The Hall–Kier alpha value is -2.92. The highest BCUT2D eigenvalue weighted by Gasteiger charge is 2.44. The van der Waals surface area contributed by atoms with Crippen molar-refractivity contribution in [1.29, 1.82) is 0 Å². The summed E-state index contributed by atoms with van der Waals surface area (Å²) in [5, 5.41) is 5.80. The van der Waals surface area contributed by atoms with Gasteiger partial charge < -0.3 is 29.4 Å². The number of carbonyl (C=O) groups is 3. The number of esters is 1. The van der Waals surface area contributed by atoms with E-state index in [0.717, 1.165) is 5.56 Å². The quantitative estimate of drug-likeness (QED) is 0.439. The normalized spacial score (nSPS) is 21.0. The van der Waals surface area contributed by atoms with E-state index in [4.69, 9.17) is 26.4 Å². The summed E-state index contributed by atoms with van der Waals surface area (Å²) in [7, 11) is 4.52. The number of nitrogens with zero attached hydrogens (tertiary/aromatic N) is 1. The van der Waals surface area contributed by atoms with Crippen molar-refractivity contribution >= 4 is 47.2 Å². The van der Waals surface area contributed by atoms with Gasteiger partial charge in [0, 0.05) is 12.6 Å². The number of amides is 2. The van der Waals surface area contributed by atoms with Crippen molar-refractivity contribution in [2.75, 3.05) is 33.2 Å². The van der Waals surface area contributed by atoms with Crippen molar-refractivity contribution in [2.45, 2.75) is 31.7 Å². The third kappa shape index (κ3) is 4.54. The van der Waals surface area contributed by atoms with Crippen molar-refractivity contribution in [1.82, 2.24) is 9.88 Å². The van der Waals surface area contributed by atoms with Crippen molar-refractivity contribution in [2.24, 2.45) is 11.8 Å². The lowest BCUT2D eigenvalue weighted by Gasteiger charge is -2.39. The number of thiazole rings is 1. The van der Waals surface area contributed by atoms with Gasteiger partial charge in [-0.15, -0.1) is 0 Å². The van der Waals surface area contributed by atoms with Gasteiger partial charge in [0.05, 0.1) is 33.2 Å². The third-order valence-electron chi connectivity index (χ3n) is 6.46. The van der Waals surface area contributed by atoms with Crippen LogP contribution in [0.15, 0.2) is 18.2 Å². The SMILES string of the molecule is COC(=O)C1CCC2C(=O)Nc3c(C(=O)NCCc4ccc(OC)c(OC)c4)sc(=S)n3C2C1. The lowest BCUT2D eigenvalue weighted by atomic mass is 9.76. The fraction of sp³-hybridized carbons (Fsp3) is 0.478. The molecule has 3 unspecified atom stereocenters. The zero-order chi connectivity index (χ0) is 24.4. The first-order valence-corrected chi connectivity index (χ1v) is 12.2. The van der Waals surface area contributed by atoms with Gasteiger partial charge in [0.1, 0.15) is 10.7 Å². The van der Waals surface area contributed by atoms with Crippen LogP contribution in [-0.2, 0) is 20.7 Å². The number of benzene rings is 1. The van der Waals surface area contributed by atoms with Crippen LogP contribution in [0, 0.1) is 15.8 Å². The molecule has 2 N–H and O–H groups in total. The Morgan fingerprint density at radius 3 is 2.68 bits per heavy atom. The minimum Gasteiger partial charge on any atom is -0.493 e. The molecule has 3 atom stereocenters. The first kappa shape index (κ1) is 24.2. The molecule has 0 radical (unpaired) electrons. The largest absolute Gasteiger partial charge is 0.493 e. The smallest absolute Gasteiger partial charge is 0.308 e. The average Bonchev–Trinajstić information content (AvgIpc) is 3.19. The van der Waals surface area contributed by atoms with Gasteiger partial charge in [-0.25, -0.2) is 0 Å². The number of nitrogens with one attached hydrogen (secondary N) is 2. The lowest BCUT2D eigenvalue weighted by molar-refractivity contribution is -0.148. The maximum atomic E-state index is 13.0. The fourth-order valence-corrected chi connectivity index (χ4v) is 6.11. The Morgan fingerprint density at radius 1 is 1.21 bits per heavy atom. The van der Waals surface area contributed by atoms with Crippen molar-refractivity contribution in [3.05, 3.63) is 32.6 Å². The molecule has 9 nitrogen and oxygen atoms in total. The summed E-state index contributed by atoms with van der Waals surface area (Å²) >= 11 is 6.73. The Bertz CT molecular complexity index is 1170. The van der Waals surface area contributed by atoms with Gasteiger partial charge >= 0.3 is 5.97 Å². The molecular formula is C23H27N3O6S2. The number of rotatable bonds is 7. The highest BCUT2D eigenvalue weighted by molar-refractivity contribution is 7.73. The van der Waals surface area contributed by atoms with E-state index in [1.807, 2.05) is 22.8 Å². The number of anilines is 1. The van der Waals surface area contributed by atoms with Gasteiger partial charge in [-0.2, -0.15) is 0 Å². The van der Waals surface area contributed by atoms with Crippen LogP contribution in [0.3, 0.4) is 0 Å². The first-order chi connectivity index (χ1) is 16.4.